The van der Waals surface area contributed by atoms with Gasteiger partial charge in [0.25, 0.3) is 0 Å². The fraction of sp³-hybridized carbons (Fsp3) is 0.296. The minimum atomic E-state index is 0.568. The Morgan fingerprint density at radius 3 is 2.33 bits per heavy atom. The van der Waals surface area contributed by atoms with E-state index in [0.29, 0.717) is 23.9 Å². The molecule has 9 nitrogen and oxygen atoms in total. The minimum absolute atomic E-state index is 0.568. The summed E-state index contributed by atoms with van der Waals surface area (Å²) >= 11 is 0. The Bertz CT molecular complexity index is 1280. The van der Waals surface area contributed by atoms with Crippen LogP contribution in [0.3, 0.4) is 0 Å². The highest BCUT2D eigenvalue weighted by Crippen LogP contribution is 2.20. The molecule has 0 aliphatic carbocycles. The van der Waals surface area contributed by atoms with Crippen LogP contribution >= 0.6 is 0 Å². The van der Waals surface area contributed by atoms with Crippen LogP contribution in [0, 0.1) is 6.92 Å². The molecule has 0 amide bonds. The molecule has 1 aliphatic heterocycles. The largest absolute Gasteiger partial charge is 0.369 e. The number of nitrogens with one attached hydrogen (secondary N) is 1. The van der Waals surface area contributed by atoms with Crippen LogP contribution in [-0.4, -0.2) is 69.1 Å². The topological polar surface area (TPSA) is 109 Å². The maximum Gasteiger partial charge on any atom is 0.180 e. The Balaban J connectivity index is 1.22. The van der Waals surface area contributed by atoms with Gasteiger partial charge >= 0.3 is 0 Å². The van der Waals surface area contributed by atoms with Crippen LogP contribution < -0.4 is 16.0 Å². The molecular weight excluding hydrogens is 450 g/mol. The summed E-state index contributed by atoms with van der Waals surface area (Å²) in [6, 6.07) is 18.2. The number of hydrogen-bond donors (Lipinski definition) is 2. The van der Waals surface area contributed by atoms with E-state index in [9.17, 15) is 0 Å². The van der Waals surface area contributed by atoms with Crippen molar-refractivity contribution in [2.75, 3.05) is 49.5 Å². The first-order chi connectivity index (χ1) is 17.7. The smallest absolute Gasteiger partial charge is 0.180 e. The number of benzene rings is 1. The number of anilines is 3. The van der Waals surface area contributed by atoms with Crippen LogP contribution in [0.5, 0.6) is 0 Å². The van der Waals surface area contributed by atoms with Gasteiger partial charge in [-0.25, -0.2) is 24.9 Å². The third-order valence-corrected chi connectivity index (χ3v) is 6.22. The van der Waals surface area contributed by atoms with Crippen LogP contribution in [0.4, 0.5) is 17.3 Å². The van der Waals surface area contributed by atoms with Gasteiger partial charge in [0.1, 0.15) is 23.2 Å². The van der Waals surface area contributed by atoms with Gasteiger partial charge in [-0.15, -0.1) is 0 Å². The maximum atomic E-state index is 5.69. The molecule has 9 heteroatoms. The van der Waals surface area contributed by atoms with Crippen molar-refractivity contribution in [1.82, 2.24) is 29.8 Å². The Morgan fingerprint density at radius 1 is 0.833 bits per heavy atom. The van der Waals surface area contributed by atoms with Crippen molar-refractivity contribution in [2.45, 2.75) is 13.3 Å². The molecule has 36 heavy (non-hydrogen) atoms. The zero-order valence-corrected chi connectivity index (χ0v) is 20.5. The molecule has 0 bridgehead atoms. The molecule has 184 valence electrons. The molecule has 5 rings (SSSR count). The van der Waals surface area contributed by atoms with E-state index in [1.54, 1.807) is 12.4 Å². The van der Waals surface area contributed by atoms with E-state index >= 15 is 0 Å². The lowest BCUT2D eigenvalue weighted by Crippen LogP contribution is -2.47. The van der Waals surface area contributed by atoms with E-state index in [-0.39, 0.29) is 0 Å². The number of rotatable bonds is 8. The highest BCUT2D eigenvalue weighted by Gasteiger charge is 2.16. The van der Waals surface area contributed by atoms with Crippen molar-refractivity contribution < 1.29 is 0 Å². The van der Waals surface area contributed by atoms with Crippen molar-refractivity contribution in [2.24, 2.45) is 5.73 Å². The summed E-state index contributed by atoms with van der Waals surface area (Å²) in [5.74, 6) is 2.66. The molecular formula is C27H31N9. The second kappa shape index (κ2) is 11.2. The van der Waals surface area contributed by atoms with Gasteiger partial charge in [-0.05, 0) is 48.9 Å². The summed E-state index contributed by atoms with van der Waals surface area (Å²) in [6.07, 6.45) is 4.14. The maximum absolute atomic E-state index is 5.69. The Morgan fingerprint density at radius 2 is 1.58 bits per heavy atom. The SMILES string of the molecule is Cc1cccc(-c2nccc(Nc3ccnc(Cc4ccc(N5CCN(CCN)CC5)cc4)n3)n2)n1. The summed E-state index contributed by atoms with van der Waals surface area (Å²) < 4.78 is 0. The highest BCUT2D eigenvalue weighted by atomic mass is 15.3. The van der Waals surface area contributed by atoms with Crippen LogP contribution in [0.1, 0.15) is 17.1 Å². The number of nitrogens with zero attached hydrogens (tertiary/aromatic N) is 7. The second-order valence-electron chi connectivity index (χ2n) is 8.87. The van der Waals surface area contributed by atoms with Crippen molar-refractivity contribution in [3.63, 3.8) is 0 Å². The highest BCUT2D eigenvalue weighted by molar-refractivity contribution is 5.56. The van der Waals surface area contributed by atoms with Crippen LogP contribution in [-0.2, 0) is 6.42 Å². The monoisotopic (exact) mass is 481 g/mol. The van der Waals surface area contributed by atoms with E-state index in [0.717, 1.165) is 56.5 Å². The lowest BCUT2D eigenvalue weighted by Gasteiger charge is -2.36. The van der Waals surface area contributed by atoms with E-state index in [1.165, 1.54) is 11.3 Å². The molecule has 0 radical (unpaired) electrons. The van der Waals surface area contributed by atoms with Crippen LogP contribution in [0.15, 0.2) is 67.0 Å². The lowest BCUT2D eigenvalue weighted by molar-refractivity contribution is 0.265. The Hall–Kier alpha value is -3.95. The molecule has 4 aromatic rings. The van der Waals surface area contributed by atoms with E-state index < -0.39 is 0 Å². The number of pyridine rings is 1. The van der Waals surface area contributed by atoms with E-state index in [4.69, 9.17) is 10.7 Å². The Labute approximate surface area is 211 Å². The molecule has 3 aromatic heterocycles. The average molecular weight is 482 g/mol. The van der Waals surface area contributed by atoms with Crippen molar-refractivity contribution in [3.05, 3.63) is 84.1 Å². The van der Waals surface area contributed by atoms with Crippen molar-refractivity contribution in [1.29, 1.82) is 0 Å². The summed E-state index contributed by atoms with van der Waals surface area (Å²) in [6.45, 7) is 7.82. The van der Waals surface area contributed by atoms with Gasteiger partial charge < -0.3 is 16.0 Å². The molecule has 0 spiro atoms. The first kappa shape index (κ1) is 23.8. The molecule has 1 aliphatic rings. The van der Waals surface area contributed by atoms with Crippen molar-refractivity contribution >= 4 is 17.3 Å². The van der Waals surface area contributed by atoms with Gasteiger partial charge in [0.05, 0.1) is 0 Å². The van der Waals surface area contributed by atoms with Crippen LogP contribution in [0.2, 0.25) is 0 Å². The lowest BCUT2D eigenvalue weighted by atomic mass is 10.1. The number of aryl methyl sites for hydroxylation is 1. The number of aromatic nitrogens is 5. The first-order valence-corrected chi connectivity index (χ1v) is 12.3. The van der Waals surface area contributed by atoms with E-state index in [2.05, 4.69) is 59.3 Å². The molecule has 0 atom stereocenters. The second-order valence-corrected chi connectivity index (χ2v) is 8.87. The van der Waals surface area contributed by atoms with Gasteiger partial charge in [-0.1, -0.05) is 18.2 Å². The molecule has 0 saturated carbocycles. The summed E-state index contributed by atoms with van der Waals surface area (Å²) in [7, 11) is 0. The third-order valence-electron chi connectivity index (χ3n) is 6.22. The predicted molar refractivity (Wildman–Crippen MR) is 142 cm³/mol. The normalized spacial score (nSPS) is 14.1. The average Bonchev–Trinajstić information content (AvgIpc) is 2.90. The summed E-state index contributed by atoms with van der Waals surface area (Å²) in [5, 5.41) is 3.27. The van der Waals surface area contributed by atoms with Gasteiger partial charge in [-0.2, -0.15) is 0 Å². The number of piperazine rings is 1. The fourth-order valence-corrected chi connectivity index (χ4v) is 4.32. The molecule has 1 fully saturated rings. The summed E-state index contributed by atoms with van der Waals surface area (Å²) in [5.41, 5.74) is 9.78. The van der Waals surface area contributed by atoms with Gasteiger partial charge in [-0.3, -0.25) is 4.90 Å². The number of hydrogen-bond acceptors (Lipinski definition) is 9. The predicted octanol–water partition coefficient (Wildman–Crippen LogP) is 3.05. The zero-order chi connectivity index (χ0) is 24.7. The van der Waals surface area contributed by atoms with Gasteiger partial charge in [0, 0.05) is 69.5 Å². The van der Waals surface area contributed by atoms with Crippen LogP contribution in [0.25, 0.3) is 11.5 Å². The number of nitrogens with two attached hydrogens (primary N) is 1. The molecule has 0 unspecified atom stereocenters. The molecule has 3 N–H and O–H groups in total. The fourth-order valence-electron chi connectivity index (χ4n) is 4.32. The molecule has 1 aromatic carbocycles. The summed E-state index contributed by atoms with van der Waals surface area (Å²) in [4.78, 5) is 27.5. The van der Waals surface area contributed by atoms with Crippen molar-refractivity contribution in [3.8, 4) is 11.5 Å². The van der Waals surface area contributed by atoms with Gasteiger partial charge in [0.2, 0.25) is 0 Å². The van der Waals surface area contributed by atoms with Gasteiger partial charge in [0.15, 0.2) is 5.82 Å². The minimum Gasteiger partial charge on any atom is -0.369 e. The Kier molecular flexibility index (Phi) is 7.39. The standard InChI is InChI=1S/C27H31N9/c1-20-3-2-4-23(31-20)27-30-13-10-25(34-27)32-24-9-12-29-26(33-24)19-21-5-7-22(8-6-21)36-17-15-35(14-11-28)16-18-36/h2-10,12-13H,11,14-19,28H2,1H3,(H,29,30,32,33,34). The molecule has 4 heterocycles. The molecule has 1 saturated heterocycles. The third kappa shape index (κ3) is 5.99. The first-order valence-electron chi connectivity index (χ1n) is 12.3. The zero-order valence-electron chi connectivity index (χ0n) is 20.5. The quantitative estimate of drug-likeness (QED) is 0.392. The van der Waals surface area contributed by atoms with E-state index in [1.807, 2.05) is 37.3 Å².